The second-order valence-electron chi connectivity index (χ2n) is 14.0. The summed E-state index contributed by atoms with van der Waals surface area (Å²) >= 11 is 0. The number of furan rings is 2. The molecule has 4 aromatic carbocycles. The summed E-state index contributed by atoms with van der Waals surface area (Å²) < 4.78 is 45.7. The molecule has 0 radical (unpaired) electrons. The standard InChI is InChI=1S/C46H36N2O16/c1-4-59-45(55)35-34(25-11-7-13-29(57-2)40(25)62-21-32(51)52)42-38(48-43(35)53)26-19-22(15-16-28(26)64-42)17-18-60-46(56)36-33(24-10-8-14-30(39(24)58-3)61-20-31(49)50)41-37(47-44(36)54)23-9-5-6-12-27(23)63-41/h5-16,19H,4,17-18,20-21H2,1-3H3,(H,47,54)(H,48,53)(H,49,50)(H,51,52). The largest absolute Gasteiger partial charge is 0.493 e. The average Bonchev–Trinajstić information content (AvgIpc) is 3.83. The van der Waals surface area contributed by atoms with Crippen LogP contribution in [0.2, 0.25) is 0 Å². The Morgan fingerprint density at radius 3 is 1.83 bits per heavy atom. The van der Waals surface area contributed by atoms with Crippen molar-refractivity contribution in [2.45, 2.75) is 13.3 Å². The lowest BCUT2D eigenvalue weighted by Crippen LogP contribution is -2.22. The first-order valence-electron chi connectivity index (χ1n) is 19.5. The van der Waals surface area contributed by atoms with Crippen molar-refractivity contribution in [2.24, 2.45) is 0 Å². The van der Waals surface area contributed by atoms with E-state index in [4.69, 9.17) is 37.3 Å². The number of ether oxygens (including phenoxy) is 6. The predicted molar refractivity (Wildman–Crippen MR) is 229 cm³/mol. The molecule has 0 amide bonds. The SMILES string of the molecule is CCOC(=O)c1c(-c2cccc(OC)c2OCC(=O)O)c2oc3ccc(CCOC(=O)c4c(-c5cccc(OCC(=O)O)c5OC)c5oc6ccccc6c5[nH]c4=O)cc3c2[nH]c1=O. The number of aliphatic carboxylic acids is 2. The zero-order chi connectivity index (χ0) is 45.2. The zero-order valence-corrected chi connectivity index (χ0v) is 34.2. The van der Waals surface area contributed by atoms with Crippen molar-refractivity contribution in [3.05, 3.63) is 116 Å². The van der Waals surface area contributed by atoms with Gasteiger partial charge in [0.1, 0.15) is 22.3 Å². The normalized spacial score (nSPS) is 11.2. The number of pyridine rings is 2. The van der Waals surface area contributed by atoms with E-state index in [1.54, 1.807) is 67.6 Å². The third kappa shape index (κ3) is 7.67. The molecule has 4 aromatic heterocycles. The van der Waals surface area contributed by atoms with Crippen LogP contribution in [0.4, 0.5) is 0 Å². The number of carbonyl (C=O) groups excluding carboxylic acids is 2. The summed E-state index contributed by atoms with van der Waals surface area (Å²) in [5.41, 5.74) is -0.135. The zero-order valence-electron chi connectivity index (χ0n) is 34.2. The Labute approximate surface area is 359 Å². The van der Waals surface area contributed by atoms with Crippen LogP contribution in [-0.4, -0.2) is 84.7 Å². The number of esters is 2. The minimum atomic E-state index is -1.28. The number of rotatable bonds is 16. The molecule has 0 aliphatic heterocycles. The molecule has 0 unspecified atom stereocenters. The van der Waals surface area contributed by atoms with E-state index in [-0.39, 0.29) is 81.6 Å². The summed E-state index contributed by atoms with van der Waals surface area (Å²) in [5.74, 6) is -4.35. The van der Waals surface area contributed by atoms with Gasteiger partial charge >= 0.3 is 23.9 Å². The molecule has 8 rings (SSSR count). The van der Waals surface area contributed by atoms with Crippen LogP contribution in [0.5, 0.6) is 23.0 Å². The van der Waals surface area contributed by atoms with Gasteiger partial charge in [-0.25, -0.2) is 19.2 Å². The van der Waals surface area contributed by atoms with Crippen LogP contribution < -0.4 is 30.1 Å². The monoisotopic (exact) mass is 872 g/mol. The predicted octanol–water partition coefficient (Wildman–Crippen LogP) is 6.72. The van der Waals surface area contributed by atoms with Crippen molar-refractivity contribution in [3.8, 4) is 45.3 Å². The maximum absolute atomic E-state index is 14.1. The second-order valence-corrected chi connectivity index (χ2v) is 14.0. The highest BCUT2D eigenvalue weighted by atomic mass is 16.5. The van der Waals surface area contributed by atoms with E-state index in [2.05, 4.69) is 9.97 Å². The van der Waals surface area contributed by atoms with Gasteiger partial charge in [-0.15, -0.1) is 0 Å². The van der Waals surface area contributed by atoms with Crippen LogP contribution in [0.25, 0.3) is 66.4 Å². The number of nitrogens with one attached hydrogen (secondary N) is 2. The Morgan fingerprint density at radius 1 is 0.625 bits per heavy atom. The van der Waals surface area contributed by atoms with Gasteiger partial charge in [0, 0.05) is 28.3 Å². The number of carbonyl (C=O) groups is 4. The van der Waals surface area contributed by atoms with E-state index in [1.807, 2.05) is 0 Å². The molecule has 0 aliphatic rings. The van der Waals surface area contributed by atoms with Gasteiger partial charge in [-0.2, -0.15) is 0 Å². The number of hydrogen-bond donors (Lipinski definition) is 4. The lowest BCUT2D eigenvalue weighted by atomic mass is 9.98. The third-order valence-corrected chi connectivity index (χ3v) is 10.2. The van der Waals surface area contributed by atoms with Crippen molar-refractivity contribution < 1.29 is 66.6 Å². The topological polar surface area (TPSA) is 256 Å². The van der Waals surface area contributed by atoms with E-state index in [1.165, 1.54) is 32.4 Å². The van der Waals surface area contributed by atoms with Gasteiger partial charge in [0.15, 0.2) is 47.4 Å². The number of benzene rings is 4. The lowest BCUT2D eigenvalue weighted by molar-refractivity contribution is -0.140. The molecular formula is C46H36N2O16. The van der Waals surface area contributed by atoms with Crippen LogP contribution in [0.1, 0.15) is 33.2 Å². The summed E-state index contributed by atoms with van der Waals surface area (Å²) in [5, 5.41) is 19.7. The van der Waals surface area contributed by atoms with E-state index >= 15 is 0 Å². The third-order valence-electron chi connectivity index (χ3n) is 10.2. The Bertz CT molecular complexity index is 3300. The highest BCUT2D eigenvalue weighted by Gasteiger charge is 2.31. The van der Waals surface area contributed by atoms with E-state index in [0.717, 1.165) is 0 Å². The molecule has 0 fully saturated rings. The Morgan fingerprint density at radius 2 is 1.20 bits per heavy atom. The van der Waals surface area contributed by atoms with Gasteiger partial charge in [-0.3, -0.25) is 9.59 Å². The summed E-state index contributed by atoms with van der Waals surface area (Å²) in [6.45, 7) is -0.176. The fraction of sp³-hybridized carbons (Fsp3) is 0.174. The van der Waals surface area contributed by atoms with Crippen LogP contribution in [0.3, 0.4) is 0 Å². The molecule has 0 aliphatic carbocycles. The highest BCUT2D eigenvalue weighted by Crippen LogP contribution is 2.45. The number of H-pyrrole nitrogens is 2. The summed E-state index contributed by atoms with van der Waals surface area (Å²) in [4.78, 5) is 83.5. The first-order chi connectivity index (χ1) is 30.9. The quantitative estimate of drug-likeness (QED) is 0.0735. The van der Waals surface area contributed by atoms with Gasteiger partial charge in [-0.05, 0) is 48.9 Å². The van der Waals surface area contributed by atoms with Crippen molar-refractivity contribution >= 4 is 68.0 Å². The molecule has 0 bridgehead atoms. The van der Waals surface area contributed by atoms with Crippen molar-refractivity contribution in [1.82, 2.24) is 9.97 Å². The lowest BCUT2D eigenvalue weighted by Gasteiger charge is -2.16. The van der Waals surface area contributed by atoms with Gasteiger partial charge in [0.2, 0.25) is 0 Å². The number of para-hydroxylation sites is 3. The Balaban J connectivity index is 1.17. The van der Waals surface area contributed by atoms with Crippen molar-refractivity contribution in [2.75, 3.05) is 40.6 Å². The number of carboxylic acids is 2. The number of aromatic amines is 2. The van der Waals surface area contributed by atoms with Crippen LogP contribution in [-0.2, 0) is 25.5 Å². The molecule has 0 saturated heterocycles. The summed E-state index contributed by atoms with van der Waals surface area (Å²) in [6.07, 6.45) is 0.108. The molecule has 4 heterocycles. The first kappa shape index (κ1) is 42.2. The summed E-state index contributed by atoms with van der Waals surface area (Å²) in [7, 11) is 2.68. The van der Waals surface area contributed by atoms with Gasteiger partial charge in [0.05, 0.1) is 49.6 Å². The van der Waals surface area contributed by atoms with E-state index in [9.17, 15) is 39.0 Å². The second kappa shape index (κ2) is 17.4. The van der Waals surface area contributed by atoms with Crippen LogP contribution in [0, 0.1) is 0 Å². The molecule has 326 valence electrons. The molecule has 18 heteroatoms. The van der Waals surface area contributed by atoms with Gasteiger partial charge < -0.3 is 57.4 Å². The Kier molecular flexibility index (Phi) is 11.5. The van der Waals surface area contributed by atoms with Crippen molar-refractivity contribution in [1.29, 1.82) is 0 Å². The number of hydrogen-bond acceptors (Lipinski definition) is 14. The molecule has 64 heavy (non-hydrogen) atoms. The number of methoxy groups -OCH3 is 2. The molecule has 8 aromatic rings. The summed E-state index contributed by atoms with van der Waals surface area (Å²) in [6, 6.07) is 21.2. The molecule has 0 saturated carbocycles. The Hall–Kier alpha value is -8.54. The fourth-order valence-corrected chi connectivity index (χ4v) is 7.53. The van der Waals surface area contributed by atoms with Crippen LogP contribution in [0.15, 0.2) is 97.3 Å². The van der Waals surface area contributed by atoms with E-state index < -0.39 is 59.3 Å². The minimum Gasteiger partial charge on any atom is -0.493 e. The number of aromatic nitrogens is 2. The van der Waals surface area contributed by atoms with Crippen LogP contribution >= 0.6 is 0 Å². The van der Waals surface area contributed by atoms with Gasteiger partial charge in [-0.1, -0.05) is 42.5 Å². The molecule has 0 atom stereocenters. The number of fused-ring (bicyclic) bond motifs is 6. The first-order valence-corrected chi connectivity index (χ1v) is 19.5. The molecular weight excluding hydrogens is 837 g/mol. The number of carboxylic acid groups (broad SMARTS) is 2. The van der Waals surface area contributed by atoms with E-state index in [0.29, 0.717) is 33.0 Å². The fourth-order valence-electron chi connectivity index (χ4n) is 7.53. The maximum atomic E-state index is 14.1. The average molecular weight is 873 g/mol. The molecule has 0 spiro atoms. The van der Waals surface area contributed by atoms with Gasteiger partial charge in [0.25, 0.3) is 11.1 Å². The maximum Gasteiger partial charge on any atom is 0.344 e. The molecule has 4 N–H and O–H groups in total. The highest BCUT2D eigenvalue weighted by molar-refractivity contribution is 6.14. The van der Waals surface area contributed by atoms with Crippen molar-refractivity contribution in [3.63, 3.8) is 0 Å². The smallest absolute Gasteiger partial charge is 0.344 e. The molecule has 18 nitrogen and oxygen atoms in total. The minimum absolute atomic E-state index is 0.0263.